The highest BCUT2D eigenvalue weighted by atomic mass is 35.5. The fourth-order valence-electron chi connectivity index (χ4n) is 2.88. The van der Waals surface area contributed by atoms with Crippen LogP contribution in [0.1, 0.15) is 5.76 Å². The number of nitrogens with zero attached hydrogens (tertiary/aromatic N) is 1. The molecule has 1 fully saturated rings. The van der Waals surface area contributed by atoms with Crippen LogP contribution in [0.4, 0.5) is 5.69 Å². The van der Waals surface area contributed by atoms with Crippen molar-refractivity contribution in [2.24, 2.45) is 0 Å². The van der Waals surface area contributed by atoms with Crippen molar-refractivity contribution in [3.05, 3.63) is 74.3 Å². The van der Waals surface area contributed by atoms with Crippen LogP contribution >= 0.6 is 58.8 Å². The van der Waals surface area contributed by atoms with E-state index in [4.69, 9.17) is 56.2 Å². The van der Waals surface area contributed by atoms with Gasteiger partial charge in [0.1, 0.15) is 17.3 Å². The zero-order chi connectivity index (χ0) is 21.4. The van der Waals surface area contributed by atoms with Crippen molar-refractivity contribution in [1.29, 1.82) is 0 Å². The molecule has 0 unspecified atom stereocenters. The maximum absolute atomic E-state index is 13.0. The van der Waals surface area contributed by atoms with Crippen LogP contribution in [0.15, 0.2) is 57.9 Å². The van der Waals surface area contributed by atoms with Gasteiger partial charge in [-0.15, -0.1) is 0 Å². The lowest BCUT2D eigenvalue weighted by atomic mass is 10.2. The number of rotatable bonds is 4. The number of halogens is 3. The van der Waals surface area contributed by atoms with Crippen molar-refractivity contribution in [2.45, 2.75) is 0 Å². The number of thioether (sulfide) groups is 1. The second-order valence-corrected chi connectivity index (χ2v) is 9.09. The molecule has 0 saturated carbocycles. The Kier molecular flexibility index (Phi) is 6.14. The van der Waals surface area contributed by atoms with Crippen LogP contribution in [0.5, 0.6) is 5.75 Å². The van der Waals surface area contributed by atoms with E-state index in [1.165, 1.54) is 23.8 Å². The quantitative estimate of drug-likeness (QED) is 0.279. The van der Waals surface area contributed by atoms with Crippen LogP contribution in [0.2, 0.25) is 15.1 Å². The van der Waals surface area contributed by atoms with Crippen molar-refractivity contribution < 1.29 is 13.9 Å². The molecule has 1 aliphatic heterocycles. The Balaban J connectivity index is 1.61. The summed E-state index contributed by atoms with van der Waals surface area (Å²) in [6, 6.07) is 13.8. The number of hydrogen-bond acceptors (Lipinski definition) is 5. The molecule has 0 atom stereocenters. The predicted octanol–water partition coefficient (Wildman–Crippen LogP) is 7.32. The average Bonchev–Trinajstić information content (AvgIpc) is 3.26. The Bertz CT molecular complexity index is 1210. The van der Waals surface area contributed by atoms with E-state index in [0.717, 1.165) is 0 Å². The van der Waals surface area contributed by atoms with Crippen LogP contribution in [-0.2, 0) is 4.79 Å². The molecule has 1 aliphatic rings. The van der Waals surface area contributed by atoms with E-state index in [0.29, 0.717) is 52.8 Å². The number of ether oxygens (including phenoxy) is 1. The van der Waals surface area contributed by atoms with Crippen LogP contribution in [-0.4, -0.2) is 17.3 Å². The van der Waals surface area contributed by atoms with Gasteiger partial charge in [0.25, 0.3) is 5.91 Å². The summed E-state index contributed by atoms with van der Waals surface area (Å²) in [6.45, 7) is 0. The van der Waals surface area contributed by atoms with E-state index in [2.05, 4.69) is 0 Å². The number of amides is 1. The lowest BCUT2D eigenvalue weighted by molar-refractivity contribution is -0.113. The molecule has 1 amide bonds. The normalized spacial score (nSPS) is 15.3. The summed E-state index contributed by atoms with van der Waals surface area (Å²) in [7, 11) is 1.53. The number of furan rings is 1. The van der Waals surface area contributed by atoms with Gasteiger partial charge in [0.05, 0.1) is 27.7 Å². The highest BCUT2D eigenvalue weighted by Gasteiger charge is 2.34. The monoisotopic (exact) mass is 495 g/mol. The molecular weight excluding hydrogens is 485 g/mol. The van der Waals surface area contributed by atoms with E-state index < -0.39 is 0 Å². The third-order valence-electron chi connectivity index (χ3n) is 4.28. The Morgan fingerprint density at radius 2 is 1.87 bits per heavy atom. The third kappa shape index (κ3) is 4.11. The van der Waals surface area contributed by atoms with Gasteiger partial charge in [-0.3, -0.25) is 9.69 Å². The molecule has 4 nitrogen and oxygen atoms in total. The number of carbonyl (C=O) groups is 1. The molecule has 3 aromatic rings. The minimum absolute atomic E-state index is 0.256. The summed E-state index contributed by atoms with van der Waals surface area (Å²) in [5.41, 5.74) is 1.28. The van der Waals surface area contributed by atoms with Crippen molar-refractivity contribution >= 4 is 80.8 Å². The molecule has 1 saturated heterocycles. The van der Waals surface area contributed by atoms with Crippen molar-refractivity contribution in [2.75, 3.05) is 12.0 Å². The summed E-state index contributed by atoms with van der Waals surface area (Å²) in [5, 5.41) is 1.41. The van der Waals surface area contributed by atoms with Crippen molar-refractivity contribution in [1.82, 2.24) is 0 Å². The summed E-state index contributed by atoms with van der Waals surface area (Å²) in [6.07, 6.45) is 1.65. The van der Waals surface area contributed by atoms with Gasteiger partial charge in [0.2, 0.25) is 0 Å². The fraction of sp³-hybridized carbons (Fsp3) is 0.0476. The standard InChI is InChI=1S/C21H12Cl3NO3S2/c1-27-18-6-3-12(9-16(18)24)25-20(26)19(30-21(25)29)10-13-4-7-17(28-13)14-5-2-11(22)8-15(14)23/h2-10H,1H3/b19-10+. The number of carbonyl (C=O) groups excluding carboxylic acids is 1. The first-order valence-electron chi connectivity index (χ1n) is 8.54. The second-order valence-electron chi connectivity index (χ2n) is 6.16. The molecule has 0 bridgehead atoms. The Labute approximate surface area is 197 Å². The molecule has 2 aromatic carbocycles. The molecule has 30 heavy (non-hydrogen) atoms. The van der Waals surface area contributed by atoms with Gasteiger partial charge in [-0.25, -0.2) is 0 Å². The first kappa shape index (κ1) is 21.3. The maximum atomic E-state index is 13.0. The zero-order valence-electron chi connectivity index (χ0n) is 15.3. The topological polar surface area (TPSA) is 42.7 Å². The van der Waals surface area contributed by atoms with E-state index in [-0.39, 0.29) is 5.91 Å². The van der Waals surface area contributed by atoms with E-state index in [1.807, 2.05) is 0 Å². The van der Waals surface area contributed by atoms with Crippen LogP contribution in [0.25, 0.3) is 17.4 Å². The van der Waals surface area contributed by atoms with Gasteiger partial charge in [0, 0.05) is 16.7 Å². The van der Waals surface area contributed by atoms with Gasteiger partial charge in [0.15, 0.2) is 4.32 Å². The van der Waals surface area contributed by atoms with Crippen molar-refractivity contribution in [3.63, 3.8) is 0 Å². The Hall–Kier alpha value is -1.96. The van der Waals surface area contributed by atoms with Gasteiger partial charge >= 0.3 is 0 Å². The second kappa shape index (κ2) is 8.65. The maximum Gasteiger partial charge on any atom is 0.270 e. The SMILES string of the molecule is COc1ccc(N2C(=O)/C(=C\c3ccc(-c4ccc(Cl)cc4Cl)o3)SC2=S)cc1Cl. The number of thiocarbonyl (C=S) groups is 1. The smallest absolute Gasteiger partial charge is 0.270 e. The van der Waals surface area contributed by atoms with Gasteiger partial charge in [-0.1, -0.05) is 58.8 Å². The molecule has 0 N–H and O–H groups in total. The van der Waals surface area contributed by atoms with Gasteiger partial charge in [-0.2, -0.15) is 0 Å². The van der Waals surface area contributed by atoms with E-state index >= 15 is 0 Å². The van der Waals surface area contributed by atoms with Gasteiger partial charge in [-0.05, 0) is 48.5 Å². The Morgan fingerprint density at radius 3 is 2.57 bits per heavy atom. The average molecular weight is 497 g/mol. The summed E-state index contributed by atoms with van der Waals surface area (Å²) in [5.74, 6) is 1.34. The summed E-state index contributed by atoms with van der Waals surface area (Å²) < 4.78 is 11.4. The minimum Gasteiger partial charge on any atom is -0.495 e. The summed E-state index contributed by atoms with van der Waals surface area (Å²) in [4.78, 5) is 14.8. The number of methoxy groups -OCH3 is 1. The lowest BCUT2D eigenvalue weighted by Gasteiger charge is -2.15. The largest absolute Gasteiger partial charge is 0.495 e. The summed E-state index contributed by atoms with van der Waals surface area (Å²) >= 11 is 25.0. The molecule has 0 spiro atoms. The predicted molar refractivity (Wildman–Crippen MR) is 128 cm³/mol. The molecule has 1 aromatic heterocycles. The molecule has 9 heteroatoms. The molecule has 152 valence electrons. The molecule has 0 aliphatic carbocycles. The minimum atomic E-state index is -0.256. The molecular formula is C21H12Cl3NO3S2. The van der Waals surface area contributed by atoms with Crippen LogP contribution in [0, 0.1) is 0 Å². The number of anilines is 1. The number of benzene rings is 2. The first-order chi connectivity index (χ1) is 14.4. The third-order valence-corrected chi connectivity index (χ3v) is 6.43. The highest BCUT2D eigenvalue weighted by molar-refractivity contribution is 8.27. The molecule has 2 heterocycles. The van der Waals surface area contributed by atoms with Gasteiger partial charge < -0.3 is 9.15 Å². The lowest BCUT2D eigenvalue weighted by Crippen LogP contribution is -2.27. The zero-order valence-corrected chi connectivity index (χ0v) is 19.2. The molecule has 4 rings (SSSR count). The Morgan fingerprint density at radius 1 is 1.07 bits per heavy atom. The van der Waals surface area contributed by atoms with Crippen LogP contribution in [0.3, 0.4) is 0 Å². The van der Waals surface area contributed by atoms with Crippen LogP contribution < -0.4 is 9.64 Å². The first-order valence-corrected chi connectivity index (χ1v) is 10.9. The highest BCUT2D eigenvalue weighted by Crippen LogP contribution is 2.39. The van der Waals surface area contributed by atoms with E-state index in [1.54, 1.807) is 54.6 Å². The molecule has 0 radical (unpaired) electrons. The van der Waals surface area contributed by atoms with E-state index in [9.17, 15) is 4.79 Å². The fourth-order valence-corrected chi connectivity index (χ4v) is 4.91. The van der Waals surface area contributed by atoms with Crippen molar-refractivity contribution in [3.8, 4) is 17.1 Å². The number of hydrogen-bond donors (Lipinski definition) is 0.